The van der Waals surface area contributed by atoms with Crippen LogP contribution in [0.1, 0.15) is 37.3 Å². The van der Waals surface area contributed by atoms with Gasteiger partial charge in [0.25, 0.3) is 5.91 Å². The predicted octanol–water partition coefficient (Wildman–Crippen LogP) is 3.75. The van der Waals surface area contributed by atoms with E-state index in [9.17, 15) is 13.2 Å². The SMILES string of the molecule is CCc1ccccc1OCC(=O)Nc1cc(S(=O)(=O)N2CCCCC2)ccc1C. The van der Waals surface area contributed by atoms with Crippen molar-refractivity contribution in [2.24, 2.45) is 0 Å². The van der Waals surface area contributed by atoms with Crippen LogP contribution < -0.4 is 10.1 Å². The van der Waals surface area contributed by atoms with Gasteiger partial charge < -0.3 is 10.1 Å². The normalized spacial score (nSPS) is 15.1. The number of carbonyl (C=O) groups is 1. The predicted molar refractivity (Wildman–Crippen MR) is 114 cm³/mol. The van der Waals surface area contributed by atoms with Crippen LogP contribution in [0.2, 0.25) is 0 Å². The molecule has 6 nitrogen and oxygen atoms in total. The zero-order valence-electron chi connectivity index (χ0n) is 17.0. The molecule has 3 rings (SSSR count). The third kappa shape index (κ3) is 5.16. The summed E-state index contributed by atoms with van der Waals surface area (Å²) in [5.41, 5.74) is 2.32. The summed E-state index contributed by atoms with van der Waals surface area (Å²) in [6.45, 7) is 4.81. The monoisotopic (exact) mass is 416 g/mol. The van der Waals surface area contributed by atoms with Crippen molar-refractivity contribution in [2.45, 2.75) is 44.4 Å². The lowest BCUT2D eigenvalue weighted by atomic mass is 10.1. The first-order chi connectivity index (χ1) is 13.9. The zero-order valence-corrected chi connectivity index (χ0v) is 17.8. The molecule has 1 aliphatic rings. The third-order valence-corrected chi connectivity index (χ3v) is 7.04. The number of nitrogens with zero attached hydrogens (tertiary/aromatic N) is 1. The van der Waals surface area contributed by atoms with Crippen LogP contribution in [0.3, 0.4) is 0 Å². The first-order valence-corrected chi connectivity index (χ1v) is 11.5. The minimum Gasteiger partial charge on any atom is -0.483 e. The average Bonchev–Trinajstić information content (AvgIpc) is 2.74. The molecule has 7 heteroatoms. The molecule has 0 unspecified atom stereocenters. The molecule has 0 spiro atoms. The van der Waals surface area contributed by atoms with Crippen LogP contribution in [0.4, 0.5) is 5.69 Å². The van der Waals surface area contributed by atoms with Crippen molar-refractivity contribution in [3.63, 3.8) is 0 Å². The fourth-order valence-corrected chi connectivity index (χ4v) is 4.96. The van der Waals surface area contributed by atoms with Crippen molar-refractivity contribution in [2.75, 3.05) is 25.0 Å². The van der Waals surface area contributed by atoms with Crippen LogP contribution >= 0.6 is 0 Å². The highest BCUT2D eigenvalue weighted by Crippen LogP contribution is 2.25. The number of rotatable bonds is 7. The number of hydrogen-bond acceptors (Lipinski definition) is 4. The molecule has 0 saturated carbocycles. The van der Waals surface area contributed by atoms with E-state index in [4.69, 9.17) is 4.74 Å². The molecular weight excluding hydrogens is 388 g/mol. The van der Waals surface area contributed by atoms with Gasteiger partial charge in [0.2, 0.25) is 10.0 Å². The Hall–Kier alpha value is -2.38. The molecule has 0 aromatic heterocycles. The summed E-state index contributed by atoms with van der Waals surface area (Å²) < 4.78 is 33.0. The van der Waals surface area contributed by atoms with Gasteiger partial charge in [-0.1, -0.05) is 37.6 Å². The minimum atomic E-state index is -3.55. The van der Waals surface area contributed by atoms with Gasteiger partial charge in [0.1, 0.15) is 5.75 Å². The third-order valence-electron chi connectivity index (χ3n) is 5.15. The van der Waals surface area contributed by atoms with Gasteiger partial charge in [-0.15, -0.1) is 0 Å². The Morgan fingerprint density at radius 3 is 2.55 bits per heavy atom. The molecule has 2 aromatic rings. The van der Waals surface area contributed by atoms with Crippen LogP contribution in [0, 0.1) is 6.92 Å². The molecule has 1 heterocycles. The number of aryl methyl sites for hydroxylation is 2. The van der Waals surface area contributed by atoms with E-state index in [1.54, 1.807) is 12.1 Å². The molecule has 0 aliphatic carbocycles. The van der Waals surface area contributed by atoms with Crippen molar-refractivity contribution in [1.82, 2.24) is 4.31 Å². The van der Waals surface area contributed by atoms with E-state index < -0.39 is 10.0 Å². The van der Waals surface area contributed by atoms with Gasteiger partial charge in [-0.25, -0.2) is 8.42 Å². The Kier molecular flexibility index (Phi) is 6.92. The van der Waals surface area contributed by atoms with E-state index in [0.717, 1.165) is 36.8 Å². The second kappa shape index (κ2) is 9.41. The molecule has 1 amide bonds. The molecule has 1 N–H and O–H groups in total. The van der Waals surface area contributed by atoms with Gasteiger partial charge in [0.15, 0.2) is 6.61 Å². The number of amides is 1. The number of benzene rings is 2. The van der Waals surface area contributed by atoms with Gasteiger partial charge in [0, 0.05) is 18.8 Å². The number of nitrogens with one attached hydrogen (secondary N) is 1. The Labute approximate surface area is 172 Å². The number of piperidine rings is 1. The summed E-state index contributed by atoms with van der Waals surface area (Å²) in [5, 5.41) is 2.79. The van der Waals surface area contributed by atoms with Gasteiger partial charge in [0.05, 0.1) is 4.90 Å². The van der Waals surface area contributed by atoms with Crippen LogP contribution in [0.5, 0.6) is 5.75 Å². The van der Waals surface area contributed by atoms with E-state index in [-0.39, 0.29) is 17.4 Å². The smallest absolute Gasteiger partial charge is 0.262 e. The first kappa shape index (κ1) is 21.3. The molecular formula is C22H28N2O4S. The fraction of sp³-hybridized carbons (Fsp3) is 0.409. The van der Waals surface area contributed by atoms with E-state index in [0.29, 0.717) is 24.5 Å². The summed E-state index contributed by atoms with van der Waals surface area (Å²) in [4.78, 5) is 12.6. The fourth-order valence-electron chi connectivity index (χ4n) is 3.42. The van der Waals surface area contributed by atoms with Gasteiger partial charge in [-0.3, -0.25) is 4.79 Å². The Bertz CT molecular complexity index is 967. The minimum absolute atomic E-state index is 0.139. The lowest BCUT2D eigenvalue weighted by Gasteiger charge is -2.26. The Morgan fingerprint density at radius 1 is 1.10 bits per heavy atom. The summed E-state index contributed by atoms with van der Waals surface area (Å²) in [6, 6.07) is 12.5. The lowest BCUT2D eigenvalue weighted by Crippen LogP contribution is -2.35. The standard InChI is InChI=1S/C22H28N2O4S/c1-3-18-9-5-6-10-21(18)28-16-22(25)23-20-15-19(12-11-17(20)2)29(26,27)24-13-7-4-8-14-24/h5-6,9-12,15H,3-4,7-8,13-14,16H2,1-2H3,(H,23,25). The van der Waals surface area contributed by atoms with Crippen LogP contribution in [-0.4, -0.2) is 38.3 Å². The lowest BCUT2D eigenvalue weighted by molar-refractivity contribution is -0.118. The second-order valence-corrected chi connectivity index (χ2v) is 9.18. The van der Waals surface area contributed by atoms with E-state index in [1.165, 1.54) is 10.4 Å². The molecule has 156 valence electrons. The maximum Gasteiger partial charge on any atom is 0.262 e. The quantitative estimate of drug-likeness (QED) is 0.746. The molecule has 0 atom stereocenters. The molecule has 1 saturated heterocycles. The molecule has 0 bridgehead atoms. The number of sulfonamides is 1. The van der Waals surface area contributed by atoms with E-state index >= 15 is 0 Å². The topological polar surface area (TPSA) is 75.7 Å². The van der Waals surface area contributed by atoms with E-state index in [2.05, 4.69) is 5.32 Å². The highest BCUT2D eigenvalue weighted by molar-refractivity contribution is 7.89. The van der Waals surface area contributed by atoms with Crippen molar-refractivity contribution in [3.05, 3.63) is 53.6 Å². The Morgan fingerprint density at radius 2 is 1.83 bits per heavy atom. The molecule has 29 heavy (non-hydrogen) atoms. The number of anilines is 1. The summed E-state index contributed by atoms with van der Waals surface area (Å²) >= 11 is 0. The highest BCUT2D eigenvalue weighted by Gasteiger charge is 2.26. The number of para-hydroxylation sites is 1. The summed E-state index contributed by atoms with van der Waals surface area (Å²) in [6.07, 6.45) is 3.63. The zero-order chi connectivity index (χ0) is 20.9. The molecule has 2 aromatic carbocycles. The second-order valence-electron chi connectivity index (χ2n) is 7.24. The highest BCUT2D eigenvalue weighted by atomic mass is 32.2. The van der Waals surface area contributed by atoms with Crippen LogP contribution in [-0.2, 0) is 21.2 Å². The summed E-state index contributed by atoms with van der Waals surface area (Å²) in [7, 11) is -3.55. The first-order valence-electron chi connectivity index (χ1n) is 10.0. The Balaban J connectivity index is 1.70. The van der Waals surface area contributed by atoms with Gasteiger partial charge >= 0.3 is 0 Å². The maximum absolute atomic E-state index is 12.9. The molecule has 1 aliphatic heterocycles. The summed E-state index contributed by atoms with van der Waals surface area (Å²) in [5.74, 6) is 0.356. The van der Waals surface area contributed by atoms with Crippen molar-refractivity contribution in [3.8, 4) is 5.75 Å². The average molecular weight is 417 g/mol. The number of ether oxygens (including phenoxy) is 1. The number of carbonyl (C=O) groups excluding carboxylic acids is 1. The van der Waals surface area contributed by atoms with E-state index in [1.807, 2.05) is 38.1 Å². The van der Waals surface area contributed by atoms with Crippen LogP contribution in [0.15, 0.2) is 47.4 Å². The maximum atomic E-state index is 12.9. The molecule has 1 fully saturated rings. The van der Waals surface area contributed by atoms with Crippen molar-refractivity contribution < 1.29 is 17.9 Å². The number of hydrogen-bond donors (Lipinski definition) is 1. The van der Waals surface area contributed by atoms with Gasteiger partial charge in [-0.2, -0.15) is 4.31 Å². The van der Waals surface area contributed by atoms with Crippen molar-refractivity contribution >= 4 is 21.6 Å². The van der Waals surface area contributed by atoms with Crippen LogP contribution in [0.25, 0.3) is 0 Å². The largest absolute Gasteiger partial charge is 0.483 e. The van der Waals surface area contributed by atoms with Gasteiger partial charge in [-0.05, 0) is 55.5 Å². The van der Waals surface area contributed by atoms with Crippen molar-refractivity contribution in [1.29, 1.82) is 0 Å². The molecule has 0 radical (unpaired) electrons.